The summed E-state index contributed by atoms with van der Waals surface area (Å²) >= 11 is 0. The number of carbonyl (C=O) groups excluding carboxylic acids is 1. The van der Waals surface area contributed by atoms with Crippen LogP contribution in [-0.4, -0.2) is 44.7 Å². The molecule has 6 nitrogen and oxygen atoms in total. The molecular weight excluding hydrogens is 337 g/mol. The summed E-state index contributed by atoms with van der Waals surface area (Å²) in [6, 6.07) is 2.13. The van der Waals surface area contributed by atoms with E-state index in [0.29, 0.717) is 18.0 Å². The molecule has 1 aliphatic rings. The van der Waals surface area contributed by atoms with E-state index < -0.39 is 0 Å². The molecule has 2 aromatic heterocycles. The lowest BCUT2D eigenvalue weighted by atomic mass is 10.1. The molecule has 2 atom stereocenters. The molecule has 0 aromatic carbocycles. The molecule has 1 amide bonds. The zero-order valence-corrected chi connectivity index (χ0v) is 15.2. The highest BCUT2D eigenvalue weighted by atomic mass is 35.5. The number of halogens is 2. The van der Waals surface area contributed by atoms with Crippen molar-refractivity contribution in [1.82, 2.24) is 19.7 Å². The van der Waals surface area contributed by atoms with Crippen LogP contribution in [0, 0.1) is 12.8 Å². The van der Waals surface area contributed by atoms with Crippen LogP contribution in [0.4, 0.5) is 0 Å². The van der Waals surface area contributed by atoms with Crippen LogP contribution in [0.25, 0.3) is 11.0 Å². The minimum Gasteiger partial charge on any atom is -0.336 e. The van der Waals surface area contributed by atoms with E-state index in [1.165, 1.54) is 0 Å². The van der Waals surface area contributed by atoms with Gasteiger partial charge < -0.3 is 10.6 Å². The van der Waals surface area contributed by atoms with Gasteiger partial charge in [0.2, 0.25) is 0 Å². The smallest absolute Gasteiger partial charge is 0.255 e. The number of aryl methyl sites for hydroxylation is 2. The van der Waals surface area contributed by atoms with Gasteiger partial charge in [-0.05, 0) is 38.8 Å². The monoisotopic (exact) mass is 359 g/mol. The van der Waals surface area contributed by atoms with Gasteiger partial charge in [0.15, 0.2) is 5.65 Å². The molecule has 0 aliphatic carbocycles. The fourth-order valence-electron chi connectivity index (χ4n) is 3.19. The molecule has 8 heteroatoms. The number of carbonyl (C=O) groups is 1. The van der Waals surface area contributed by atoms with Gasteiger partial charge >= 0.3 is 0 Å². The van der Waals surface area contributed by atoms with Crippen LogP contribution in [0.3, 0.4) is 0 Å². The highest BCUT2D eigenvalue weighted by molar-refractivity contribution is 5.97. The summed E-state index contributed by atoms with van der Waals surface area (Å²) in [4.78, 5) is 19.0. The first-order chi connectivity index (χ1) is 10.0. The Bertz CT molecular complexity index is 702. The highest BCUT2D eigenvalue weighted by Crippen LogP contribution is 2.25. The fraction of sp³-hybridized carbons (Fsp3) is 0.533. The molecule has 2 unspecified atom stereocenters. The number of nitrogens with zero attached hydrogens (tertiary/aromatic N) is 4. The molecule has 0 saturated carbocycles. The Hall–Kier alpha value is -1.37. The third-order valence-corrected chi connectivity index (χ3v) is 4.37. The number of nitrogens with two attached hydrogens (primary N) is 1. The van der Waals surface area contributed by atoms with Gasteiger partial charge in [0, 0.05) is 31.2 Å². The summed E-state index contributed by atoms with van der Waals surface area (Å²) in [7, 11) is 1.86. The molecule has 1 saturated heterocycles. The SMILES string of the molecule is Cc1nn(C)c2ncc(C(=O)N3CC(CN)CC3C)cc12.Cl.Cl. The van der Waals surface area contributed by atoms with Crippen LogP contribution >= 0.6 is 24.8 Å². The van der Waals surface area contributed by atoms with E-state index in [1.807, 2.05) is 24.9 Å². The number of fused-ring (bicyclic) bond motifs is 1. The minimum absolute atomic E-state index is 0. The van der Waals surface area contributed by atoms with E-state index in [1.54, 1.807) is 10.9 Å². The Morgan fingerprint density at radius 2 is 2.13 bits per heavy atom. The van der Waals surface area contributed by atoms with Crippen molar-refractivity contribution in [2.45, 2.75) is 26.3 Å². The molecule has 2 aromatic rings. The maximum Gasteiger partial charge on any atom is 0.255 e. The summed E-state index contributed by atoms with van der Waals surface area (Å²) in [5.41, 5.74) is 8.06. The van der Waals surface area contributed by atoms with Gasteiger partial charge in [-0.25, -0.2) is 4.98 Å². The van der Waals surface area contributed by atoms with Crippen LogP contribution in [0.5, 0.6) is 0 Å². The number of pyridine rings is 1. The molecule has 128 valence electrons. The zero-order chi connectivity index (χ0) is 15.1. The summed E-state index contributed by atoms with van der Waals surface area (Å²) in [6.45, 7) is 5.38. The molecule has 0 radical (unpaired) electrons. The number of hydrogen-bond donors (Lipinski definition) is 1. The van der Waals surface area contributed by atoms with Gasteiger partial charge in [0.25, 0.3) is 5.91 Å². The van der Waals surface area contributed by atoms with Crippen LogP contribution in [0.1, 0.15) is 29.4 Å². The molecule has 0 spiro atoms. The fourth-order valence-corrected chi connectivity index (χ4v) is 3.19. The Kier molecular flexibility index (Phi) is 6.39. The van der Waals surface area contributed by atoms with Gasteiger partial charge in [-0.1, -0.05) is 0 Å². The number of amides is 1. The number of rotatable bonds is 2. The predicted molar refractivity (Wildman–Crippen MR) is 95.4 cm³/mol. The first-order valence-electron chi connectivity index (χ1n) is 7.31. The molecule has 23 heavy (non-hydrogen) atoms. The van der Waals surface area contributed by atoms with Gasteiger partial charge in [0.1, 0.15) is 0 Å². The van der Waals surface area contributed by atoms with Crippen molar-refractivity contribution >= 4 is 41.8 Å². The second-order valence-electron chi connectivity index (χ2n) is 5.95. The second kappa shape index (κ2) is 7.47. The first-order valence-corrected chi connectivity index (χ1v) is 7.31. The molecule has 0 bridgehead atoms. The van der Waals surface area contributed by atoms with E-state index in [0.717, 1.165) is 29.7 Å². The van der Waals surface area contributed by atoms with E-state index in [-0.39, 0.29) is 36.8 Å². The summed E-state index contributed by atoms with van der Waals surface area (Å²) in [5.74, 6) is 0.442. The van der Waals surface area contributed by atoms with Crippen LogP contribution < -0.4 is 5.73 Å². The molecular formula is C15H23Cl2N5O. The van der Waals surface area contributed by atoms with Crippen molar-refractivity contribution < 1.29 is 4.79 Å². The molecule has 1 aliphatic heterocycles. The van der Waals surface area contributed by atoms with Gasteiger partial charge in [-0.2, -0.15) is 5.10 Å². The topological polar surface area (TPSA) is 77.0 Å². The minimum atomic E-state index is 0. The van der Waals surface area contributed by atoms with Crippen molar-refractivity contribution in [3.8, 4) is 0 Å². The van der Waals surface area contributed by atoms with Gasteiger partial charge in [-0.3, -0.25) is 9.48 Å². The van der Waals surface area contributed by atoms with Crippen LogP contribution in [0.2, 0.25) is 0 Å². The largest absolute Gasteiger partial charge is 0.336 e. The molecule has 3 heterocycles. The molecule has 3 rings (SSSR count). The summed E-state index contributed by atoms with van der Waals surface area (Å²) < 4.78 is 1.74. The van der Waals surface area contributed by atoms with Crippen molar-refractivity contribution in [2.75, 3.05) is 13.1 Å². The second-order valence-corrected chi connectivity index (χ2v) is 5.95. The number of likely N-dealkylation sites (tertiary alicyclic amines) is 1. The lowest BCUT2D eigenvalue weighted by Gasteiger charge is -2.21. The Labute approximate surface area is 148 Å². The standard InChI is InChI=1S/C15H21N5O.2ClH/c1-9-4-11(6-16)8-20(9)15(21)12-5-13-10(2)18-19(3)14(13)17-7-12;;/h5,7,9,11H,4,6,8,16H2,1-3H3;2*1H. The quantitative estimate of drug-likeness (QED) is 0.888. The molecule has 2 N–H and O–H groups in total. The number of aromatic nitrogens is 3. The lowest BCUT2D eigenvalue weighted by Crippen LogP contribution is -2.34. The van der Waals surface area contributed by atoms with E-state index in [9.17, 15) is 4.79 Å². The van der Waals surface area contributed by atoms with Crippen molar-refractivity contribution in [1.29, 1.82) is 0 Å². The third-order valence-electron chi connectivity index (χ3n) is 4.37. The van der Waals surface area contributed by atoms with Crippen LogP contribution in [-0.2, 0) is 7.05 Å². The maximum atomic E-state index is 12.7. The predicted octanol–water partition coefficient (Wildman–Crippen LogP) is 1.93. The average Bonchev–Trinajstić information content (AvgIpc) is 2.99. The highest BCUT2D eigenvalue weighted by Gasteiger charge is 2.32. The summed E-state index contributed by atoms with van der Waals surface area (Å²) in [5, 5.41) is 5.28. The Balaban J connectivity index is 0.00000132. The van der Waals surface area contributed by atoms with Gasteiger partial charge in [-0.15, -0.1) is 24.8 Å². The van der Waals surface area contributed by atoms with Gasteiger partial charge in [0.05, 0.1) is 11.3 Å². The zero-order valence-electron chi connectivity index (χ0n) is 13.5. The van der Waals surface area contributed by atoms with Crippen molar-refractivity contribution in [3.63, 3.8) is 0 Å². The van der Waals surface area contributed by atoms with E-state index >= 15 is 0 Å². The average molecular weight is 360 g/mol. The number of hydrogen-bond acceptors (Lipinski definition) is 4. The first kappa shape index (κ1) is 19.7. The third kappa shape index (κ3) is 3.44. The van der Waals surface area contributed by atoms with Crippen molar-refractivity contribution in [2.24, 2.45) is 18.7 Å². The maximum absolute atomic E-state index is 12.7. The summed E-state index contributed by atoms with van der Waals surface area (Å²) in [6.07, 6.45) is 2.62. The lowest BCUT2D eigenvalue weighted by molar-refractivity contribution is 0.0743. The van der Waals surface area contributed by atoms with E-state index in [2.05, 4.69) is 17.0 Å². The molecule has 1 fully saturated rings. The van der Waals surface area contributed by atoms with E-state index in [4.69, 9.17) is 5.73 Å². The normalized spacial score (nSPS) is 20.3. The Morgan fingerprint density at radius 3 is 2.74 bits per heavy atom. The van der Waals surface area contributed by atoms with Crippen LogP contribution in [0.15, 0.2) is 12.3 Å². The Morgan fingerprint density at radius 1 is 1.43 bits per heavy atom. The van der Waals surface area contributed by atoms with Crippen molar-refractivity contribution in [3.05, 3.63) is 23.5 Å².